The van der Waals surface area contributed by atoms with Crippen LogP contribution in [0.1, 0.15) is 24.8 Å². The molecule has 0 aliphatic rings. The first-order valence-corrected chi connectivity index (χ1v) is 7.51. The van der Waals surface area contributed by atoms with Crippen LogP contribution in [0.4, 0.5) is 0 Å². The zero-order chi connectivity index (χ0) is 14.9. The summed E-state index contributed by atoms with van der Waals surface area (Å²) in [5, 5.41) is 0. The summed E-state index contributed by atoms with van der Waals surface area (Å²) in [6.07, 6.45) is 7.60. The van der Waals surface area contributed by atoms with Gasteiger partial charge in [0, 0.05) is 18.6 Å². The molecule has 0 saturated carbocycles. The monoisotopic (exact) mass is 286 g/mol. The number of nitrogens with zero attached hydrogens (tertiary/aromatic N) is 1. The van der Waals surface area contributed by atoms with E-state index in [1.54, 1.807) is 7.11 Å². The molecular weight excluding hydrogens is 262 g/mol. The first kappa shape index (κ1) is 15.4. The molecule has 0 bridgehead atoms. The van der Waals surface area contributed by atoms with Gasteiger partial charge in [-0.1, -0.05) is 12.1 Å². The number of unbranched alkanes of at least 4 members (excludes halogenated alkanes) is 2. The second-order valence-corrected chi connectivity index (χ2v) is 5.18. The fraction of sp³-hybridized carbons (Fsp3) is 0.389. The van der Waals surface area contributed by atoms with E-state index in [0.717, 1.165) is 37.5 Å². The fourth-order valence-corrected chi connectivity index (χ4v) is 2.23. The lowest BCUT2D eigenvalue weighted by atomic mass is 10.2. The van der Waals surface area contributed by atoms with Crippen LogP contribution in [0.3, 0.4) is 0 Å². The molecule has 0 saturated heterocycles. The molecule has 0 aliphatic carbocycles. The normalized spacial score (nSPS) is 10.4. The van der Waals surface area contributed by atoms with Crippen molar-refractivity contribution in [3.05, 3.63) is 54.4 Å². The third kappa shape index (κ3) is 5.10. The Balaban J connectivity index is 1.66. The molecule has 0 radical (unpaired) electrons. The van der Waals surface area contributed by atoms with Crippen molar-refractivity contribution in [1.82, 2.24) is 0 Å². The minimum absolute atomic E-state index is 0.735. The minimum atomic E-state index is 0.735. The van der Waals surface area contributed by atoms with Crippen molar-refractivity contribution >= 4 is 0 Å². The molecule has 1 aromatic heterocycles. The molecule has 1 heterocycles. The summed E-state index contributed by atoms with van der Waals surface area (Å²) in [5.74, 6) is 1.65. The summed E-state index contributed by atoms with van der Waals surface area (Å²) >= 11 is 0. The van der Waals surface area contributed by atoms with E-state index in [-0.39, 0.29) is 0 Å². The van der Waals surface area contributed by atoms with Crippen molar-refractivity contribution in [2.75, 3.05) is 13.7 Å². The molecule has 0 unspecified atom stereocenters. The van der Waals surface area contributed by atoms with Gasteiger partial charge in [0.1, 0.15) is 6.54 Å². The Hall–Kier alpha value is -2.03. The van der Waals surface area contributed by atoms with E-state index in [1.165, 1.54) is 12.0 Å². The highest BCUT2D eigenvalue weighted by atomic mass is 16.5. The van der Waals surface area contributed by atoms with E-state index < -0.39 is 0 Å². The summed E-state index contributed by atoms with van der Waals surface area (Å²) in [5.41, 5.74) is 1.18. The molecule has 0 atom stereocenters. The molecule has 3 nitrogen and oxygen atoms in total. The van der Waals surface area contributed by atoms with E-state index >= 15 is 0 Å². The van der Waals surface area contributed by atoms with Gasteiger partial charge >= 0.3 is 0 Å². The van der Waals surface area contributed by atoms with Crippen LogP contribution in [0.5, 0.6) is 11.5 Å². The van der Waals surface area contributed by atoms with Gasteiger partial charge in [-0.25, -0.2) is 4.57 Å². The van der Waals surface area contributed by atoms with Crippen molar-refractivity contribution in [3.8, 4) is 11.5 Å². The summed E-state index contributed by atoms with van der Waals surface area (Å²) < 4.78 is 13.3. The van der Waals surface area contributed by atoms with E-state index in [0.29, 0.717) is 0 Å². The lowest BCUT2D eigenvalue weighted by molar-refractivity contribution is -0.697. The van der Waals surface area contributed by atoms with Gasteiger partial charge in [-0.15, -0.1) is 0 Å². The number of aromatic nitrogens is 1. The van der Waals surface area contributed by atoms with E-state index in [9.17, 15) is 0 Å². The topological polar surface area (TPSA) is 22.3 Å². The van der Waals surface area contributed by atoms with Gasteiger partial charge in [-0.3, -0.25) is 0 Å². The highest BCUT2D eigenvalue weighted by Crippen LogP contribution is 2.27. The lowest BCUT2D eigenvalue weighted by Gasteiger charge is -2.11. The maximum Gasteiger partial charge on any atom is 0.168 e. The van der Waals surface area contributed by atoms with Crippen LogP contribution in [0.15, 0.2) is 48.8 Å². The van der Waals surface area contributed by atoms with Crippen LogP contribution in [0, 0.1) is 6.92 Å². The van der Waals surface area contributed by atoms with E-state index in [2.05, 4.69) is 29.1 Å². The first-order chi connectivity index (χ1) is 10.3. The van der Waals surface area contributed by atoms with Gasteiger partial charge in [-0.2, -0.15) is 0 Å². The highest BCUT2D eigenvalue weighted by molar-refractivity contribution is 5.42. The first-order valence-electron chi connectivity index (χ1n) is 7.51. The number of rotatable bonds is 8. The van der Waals surface area contributed by atoms with Gasteiger partial charge in [-0.05, 0) is 37.5 Å². The molecule has 0 N–H and O–H groups in total. The molecule has 2 rings (SSSR count). The molecule has 2 aromatic rings. The standard InChI is InChI=1S/C18H24NO2/c1-16-9-10-17(18(15-16)20-2)21-14-8-4-7-13-19-11-5-3-6-12-19/h3,5-6,9-12,15H,4,7-8,13-14H2,1-2H3/q+1. The van der Waals surface area contributed by atoms with Crippen LogP contribution >= 0.6 is 0 Å². The van der Waals surface area contributed by atoms with Gasteiger partial charge in [0.2, 0.25) is 0 Å². The average molecular weight is 286 g/mol. The van der Waals surface area contributed by atoms with Crippen LogP contribution in [0.2, 0.25) is 0 Å². The maximum absolute atomic E-state index is 5.80. The Kier molecular flexibility index (Phi) is 6.07. The van der Waals surface area contributed by atoms with E-state index in [1.807, 2.05) is 31.2 Å². The summed E-state index contributed by atoms with van der Waals surface area (Å²) in [7, 11) is 1.68. The number of hydrogen-bond donors (Lipinski definition) is 0. The molecule has 0 amide bonds. The Morgan fingerprint density at radius 3 is 2.52 bits per heavy atom. The summed E-state index contributed by atoms with van der Waals surface area (Å²) in [6, 6.07) is 12.2. The van der Waals surface area contributed by atoms with Crippen molar-refractivity contribution in [2.24, 2.45) is 0 Å². The van der Waals surface area contributed by atoms with Crippen molar-refractivity contribution in [3.63, 3.8) is 0 Å². The van der Waals surface area contributed by atoms with E-state index in [4.69, 9.17) is 9.47 Å². The summed E-state index contributed by atoms with van der Waals surface area (Å²) in [4.78, 5) is 0. The number of hydrogen-bond acceptors (Lipinski definition) is 2. The van der Waals surface area contributed by atoms with Crippen LogP contribution in [-0.2, 0) is 6.54 Å². The van der Waals surface area contributed by atoms with Crippen molar-refractivity contribution < 1.29 is 14.0 Å². The zero-order valence-electron chi connectivity index (χ0n) is 12.9. The molecule has 0 aliphatic heterocycles. The Morgan fingerprint density at radius 2 is 1.76 bits per heavy atom. The predicted molar refractivity (Wildman–Crippen MR) is 83.7 cm³/mol. The van der Waals surface area contributed by atoms with Gasteiger partial charge < -0.3 is 9.47 Å². The molecule has 112 valence electrons. The van der Waals surface area contributed by atoms with Gasteiger partial charge in [0.15, 0.2) is 23.9 Å². The second-order valence-electron chi connectivity index (χ2n) is 5.18. The smallest absolute Gasteiger partial charge is 0.168 e. The van der Waals surface area contributed by atoms with Crippen LogP contribution in [-0.4, -0.2) is 13.7 Å². The zero-order valence-corrected chi connectivity index (χ0v) is 12.9. The maximum atomic E-state index is 5.80. The molecule has 1 aromatic carbocycles. The molecule has 0 fully saturated rings. The molecule has 21 heavy (non-hydrogen) atoms. The largest absolute Gasteiger partial charge is 0.493 e. The number of ether oxygens (including phenoxy) is 2. The van der Waals surface area contributed by atoms with Crippen LogP contribution < -0.4 is 14.0 Å². The third-order valence-electron chi connectivity index (χ3n) is 3.41. The molecule has 3 heteroatoms. The van der Waals surface area contributed by atoms with Gasteiger partial charge in [0.05, 0.1) is 13.7 Å². The van der Waals surface area contributed by atoms with Crippen molar-refractivity contribution in [1.29, 1.82) is 0 Å². The number of aryl methyl sites for hydroxylation is 2. The SMILES string of the molecule is COc1cc(C)ccc1OCCCCC[n+]1ccccc1. The Labute approximate surface area is 127 Å². The van der Waals surface area contributed by atoms with Crippen LogP contribution in [0.25, 0.3) is 0 Å². The average Bonchev–Trinajstić information content (AvgIpc) is 2.52. The Bertz CT molecular complexity index is 540. The fourth-order valence-electron chi connectivity index (χ4n) is 2.23. The lowest BCUT2D eigenvalue weighted by Crippen LogP contribution is -2.32. The summed E-state index contributed by atoms with van der Waals surface area (Å²) in [6.45, 7) is 3.85. The number of pyridine rings is 1. The minimum Gasteiger partial charge on any atom is -0.493 e. The number of methoxy groups -OCH3 is 1. The third-order valence-corrected chi connectivity index (χ3v) is 3.41. The molecule has 0 spiro atoms. The predicted octanol–water partition coefficient (Wildman–Crippen LogP) is 3.54. The molecular formula is C18H24NO2+. The quantitative estimate of drug-likeness (QED) is 0.547. The van der Waals surface area contributed by atoms with Crippen molar-refractivity contribution in [2.45, 2.75) is 32.7 Å². The van der Waals surface area contributed by atoms with Gasteiger partial charge in [0.25, 0.3) is 0 Å². The Morgan fingerprint density at radius 1 is 0.952 bits per heavy atom. The second kappa shape index (κ2) is 8.30. The highest BCUT2D eigenvalue weighted by Gasteiger charge is 2.04. The number of benzene rings is 1.